The van der Waals surface area contributed by atoms with Crippen molar-refractivity contribution >= 4 is 23.8 Å². The number of aliphatic carboxylic acids is 1. The fraction of sp³-hybridized carbons (Fsp3) is 0.222. The van der Waals surface area contributed by atoms with Crippen LogP contribution >= 0.6 is 11.8 Å². The molecule has 1 aliphatic heterocycles. The predicted octanol–water partition coefficient (Wildman–Crippen LogP) is 3.94. The molecule has 0 saturated carbocycles. The lowest BCUT2D eigenvalue weighted by atomic mass is 10.1. The zero-order valence-electron chi connectivity index (χ0n) is 13.8. The summed E-state index contributed by atoms with van der Waals surface area (Å²) >= 11 is 0.934. The molecule has 2 atom stereocenters. The molecule has 2 aromatic rings. The first-order valence-electron chi connectivity index (χ1n) is 7.87. The molecular formula is C18H14F3NO4S. The second-order valence-electron chi connectivity index (χ2n) is 5.75. The van der Waals surface area contributed by atoms with Crippen LogP contribution in [0, 0.1) is 17.5 Å². The van der Waals surface area contributed by atoms with E-state index in [1.54, 1.807) is 30.3 Å². The van der Waals surface area contributed by atoms with Crippen molar-refractivity contribution in [3.05, 3.63) is 71.0 Å². The fourth-order valence-electron chi connectivity index (χ4n) is 2.68. The van der Waals surface area contributed by atoms with Gasteiger partial charge in [0, 0.05) is 11.3 Å². The molecule has 5 nitrogen and oxygen atoms in total. The van der Waals surface area contributed by atoms with E-state index in [2.05, 4.69) is 0 Å². The molecule has 0 bridgehead atoms. The van der Waals surface area contributed by atoms with Crippen molar-refractivity contribution in [1.29, 1.82) is 0 Å². The average Bonchev–Trinajstić information content (AvgIpc) is 3.10. The number of benzene rings is 2. The highest BCUT2D eigenvalue weighted by Gasteiger charge is 2.44. The minimum Gasteiger partial charge on any atom is -0.480 e. The largest absolute Gasteiger partial charge is 0.480 e. The first-order valence-corrected chi connectivity index (χ1v) is 8.92. The van der Waals surface area contributed by atoms with Crippen LogP contribution < -0.4 is 0 Å². The number of carbonyl (C=O) groups excluding carboxylic acids is 1. The van der Waals surface area contributed by atoms with Gasteiger partial charge < -0.3 is 9.84 Å². The third-order valence-corrected chi connectivity index (χ3v) is 5.34. The molecule has 1 fully saturated rings. The summed E-state index contributed by atoms with van der Waals surface area (Å²) < 4.78 is 46.1. The van der Waals surface area contributed by atoms with Crippen LogP contribution in [0.1, 0.15) is 16.5 Å². The molecule has 0 aromatic heterocycles. The number of nitrogens with zero attached hydrogens (tertiary/aromatic N) is 1. The summed E-state index contributed by atoms with van der Waals surface area (Å²) in [6.45, 7) is -0.111. The lowest BCUT2D eigenvalue weighted by Gasteiger charge is -2.27. The Bertz CT molecular complexity index is 865. The Balaban J connectivity index is 1.86. The smallest absolute Gasteiger partial charge is 0.412 e. The van der Waals surface area contributed by atoms with Gasteiger partial charge in [0.1, 0.15) is 18.0 Å². The van der Waals surface area contributed by atoms with Gasteiger partial charge >= 0.3 is 12.1 Å². The van der Waals surface area contributed by atoms with Crippen molar-refractivity contribution in [2.75, 3.05) is 5.75 Å². The number of carbonyl (C=O) groups is 2. The van der Waals surface area contributed by atoms with Gasteiger partial charge in [-0.15, -0.1) is 11.8 Å². The maximum atomic E-state index is 14.2. The van der Waals surface area contributed by atoms with E-state index >= 15 is 0 Å². The maximum absolute atomic E-state index is 14.2. The van der Waals surface area contributed by atoms with Gasteiger partial charge in [-0.1, -0.05) is 36.4 Å². The summed E-state index contributed by atoms with van der Waals surface area (Å²) in [6, 6.07) is 9.15. The Morgan fingerprint density at radius 1 is 1.11 bits per heavy atom. The van der Waals surface area contributed by atoms with Crippen LogP contribution in [0.5, 0.6) is 0 Å². The molecule has 27 heavy (non-hydrogen) atoms. The normalized spacial score (nSPS) is 19.1. The van der Waals surface area contributed by atoms with Crippen LogP contribution in [0.2, 0.25) is 0 Å². The molecule has 2 aromatic carbocycles. The van der Waals surface area contributed by atoms with Crippen LogP contribution in [0.3, 0.4) is 0 Å². The van der Waals surface area contributed by atoms with Gasteiger partial charge in [0.25, 0.3) is 0 Å². The first kappa shape index (κ1) is 19.1. The molecule has 3 rings (SSSR count). The van der Waals surface area contributed by atoms with Gasteiger partial charge in [0.15, 0.2) is 17.5 Å². The topological polar surface area (TPSA) is 66.8 Å². The molecule has 142 valence electrons. The molecule has 1 saturated heterocycles. The van der Waals surface area contributed by atoms with Gasteiger partial charge in [-0.3, -0.25) is 4.90 Å². The zero-order valence-corrected chi connectivity index (χ0v) is 14.6. The lowest BCUT2D eigenvalue weighted by molar-refractivity contribution is -0.141. The number of ether oxygens (including phenoxy) is 1. The maximum Gasteiger partial charge on any atom is 0.412 e. The minimum atomic E-state index is -1.68. The molecule has 0 spiro atoms. The van der Waals surface area contributed by atoms with E-state index in [-0.39, 0.29) is 17.9 Å². The van der Waals surface area contributed by atoms with Crippen molar-refractivity contribution < 1.29 is 32.6 Å². The minimum absolute atomic E-state index is 0.0428. The van der Waals surface area contributed by atoms with Crippen molar-refractivity contribution in [2.24, 2.45) is 0 Å². The van der Waals surface area contributed by atoms with E-state index < -0.39 is 40.9 Å². The fourth-order valence-corrected chi connectivity index (χ4v) is 4.11. The second kappa shape index (κ2) is 7.91. The number of thioether (sulfide) groups is 1. The summed E-state index contributed by atoms with van der Waals surface area (Å²) in [7, 11) is 0. The number of amides is 1. The second-order valence-corrected chi connectivity index (χ2v) is 6.86. The Labute approximate surface area is 156 Å². The van der Waals surface area contributed by atoms with Crippen molar-refractivity contribution in [2.45, 2.75) is 18.0 Å². The van der Waals surface area contributed by atoms with E-state index in [0.717, 1.165) is 28.8 Å². The van der Waals surface area contributed by atoms with Gasteiger partial charge in [0.2, 0.25) is 0 Å². The number of carboxylic acids is 1. The number of hydrogen-bond donors (Lipinski definition) is 1. The number of halogens is 3. The molecule has 1 amide bonds. The summed E-state index contributed by atoms with van der Waals surface area (Å²) in [5.74, 6) is -5.85. The molecule has 1 aliphatic rings. The number of rotatable bonds is 4. The summed E-state index contributed by atoms with van der Waals surface area (Å²) in [6.07, 6.45) is -0.981. The van der Waals surface area contributed by atoms with Crippen LogP contribution in [0.4, 0.5) is 18.0 Å². The van der Waals surface area contributed by atoms with E-state index in [9.17, 15) is 27.9 Å². The molecule has 1 N–H and O–H groups in total. The van der Waals surface area contributed by atoms with Gasteiger partial charge in [0.05, 0.1) is 0 Å². The predicted molar refractivity (Wildman–Crippen MR) is 91.4 cm³/mol. The van der Waals surface area contributed by atoms with E-state index in [0.29, 0.717) is 5.56 Å². The lowest BCUT2D eigenvalue weighted by Crippen LogP contribution is -2.43. The molecule has 0 radical (unpaired) electrons. The Morgan fingerprint density at radius 3 is 2.48 bits per heavy atom. The third kappa shape index (κ3) is 3.87. The van der Waals surface area contributed by atoms with Crippen molar-refractivity contribution in [3.8, 4) is 0 Å². The number of hydrogen-bond acceptors (Lipinski definition) is 4. The Morgan fingerprint density at radius 2 is 1.81 bits per heavy atom. The monoisotopic (exact) mass is 397 g/mol. The third-order valence-electron chi connectivity index (χ3n) is 4.03. The summed E-state index contributed by atoms with van der Waals surface area (Å²) in [5.41, 5.74) is 0.361. The van der Waals surface area contributed by atoms with Crippen molar-refractivity contribution in [1.82, 2.24) is 4.90 Å². The van der Waals surface area contributed by atoms with E-state index in [4.69, 9.17) is 4.74 Å². The van der Waals surface area contributed by atoms with Crippen LogP contribution in [-0.4, -0.2) is 33.9 Å². The molecule has 1 heterocycles. The highest BCUT2D eigenvalue weighted by atomic mass is 32.2. The standard InChI is InChI=1S/C18H14F3NO4S/c19-12-7-6-11(14(20)15(12)21)16-22(13(9-27-16)17(23)24)18(25)26-8-10-4-2-1-3-5-10/h1-7,13,16H,8-9H2,(H,23,24)/t13-,16?/m1/s1. The van der Waals surface area contributed by atoms with Crippen LogP contribution in [-0.2, 0) is 16.1 Å². The first-order chi connectivity index (χ1) is 12.9. The van der Waals surface area contributed by atoms with Gasteiger partial charge in [-0.2, -0.15) is 0 Å². The summed E-state index contributed by atoms with van der Waals surface area (Å²) in [4.78, 5) is 24.8. The summed E-state index contributed by atoms with van der Waals surface area (Å²) in [5, 5.41) is 8.21. The number of carboxylic acid groups (broad SMARTS) is 1. The molecule has 9 heteroatoms. The SMILES string of the molecule is O=C(O)[C@H]1CSC(c2ccc(F)c(F)c2F)N1C(=O)OCc1ccccc1. The highest BCUT2D eigenvalue weighted by molar-refractivity contribution is 7.99. The molecular weight excluding hydrogens is 383 g/mol. The Kier molecular flexibility index (Phi) is 5.59. The van der Waals surface area contributed by atoms with E-state index in [1.165, 1.54) is 0 Å². The van der Waals surface area contributed by atoms with Gasteiger partial charge in [-0.05, 0) is 11.6 Å². The highest BCUT2D eigenvalue weighted by Crippen LogP contribution is 2.43. The van der Waals surface area contributed by atoms with Crippen LogP contribution in [0.15, 0.2) is 42.5 Å². The van der Waals surface area contributed by atoms with E-state index in [1.807, 2.05) is 0 Å². The average molecular weight is 397 g/mol. The Hall–Kier alpha value is -2.68. The quantitative estimate of drug-likeness (QED) is 0.792. The molecule has 1 unspecified atom stereocenters. The van der Waals surface area contributed by atoms with Crippen molar-refractivity contribution in [3.63, 3.8) is 0 Å². The molecule has 0 aliphatic carbocycles. The van der Waals surface area contributed by atoms with Crippen LogP contribution in [0.25, 0.3) is 0 Å². The zero-order chi connectivity index (χ0) is 19.6. The van der Waals surface area contributed by atoms with Gasteiger partial charge in [-0.25, -0.2) is 22.8 Å².